The van der Waals surface area contributed by atoms with Crippen molar-refractivity contribution in [1.29, 1.82) is 0 Å². The summed E-state index contributed by atoms with van der Waals surface area (Å²) in [5, 5.41) is 8.81. The van der Waals surface area contributed by atoms with Crippen molar-refractivity contribution in [3.63, 3.8) is 0 Å². The Morgan fingerprint density at radius 2 is 1.83 bits per heavy atom. The van der Waals surface area contributed by atoms with Crippen LogP contribution in [0.25, 0.3) is 33.9 Å². The molecule has 4 aromatic rings. The van der Waals surface area contributed by atoms with Gasteiger partial charge in [-0.1, -0.05) is 0 Å². The fraction of sp³-hybridized carbons (Fsp3) is 0.273. The Hall–Kier alpha value is -3.87. The van der Waals surface area contributed by atoms with E-state index in [0.29, 0.717) is 6.54 Å². The first-order valence-electron chi connectivity index (χ1n) is 10.3. The molecule has 3 heterocycles. The number of benzene rings is 1. The standard InChI is InChI=1S/C22H20F5N7O/c1-33(2)6-7-35-16-10-13(23)9-14(24)17(16)20-19(29-11-34(20)3)15-8-12(4-5-28-15)18-21(22(25,26)27)31-32-30-18/h4-5,8-11H,6-7H2,1-3H3,(H,30,31,32). The smallest absolute Gasteiger partial charge is 0.437 e. The van der Waals surface area contributed by atoms with Gasteiger partial charge in [0.15, 0.2) is 5.69 Å². The van der Waals surface area contributed by atoms with Crippen molar-refractivity contribution in [3.05, 3.63) is 54.1 Å². The molecule has 0 saturated carbocycles. The molecule has 4 rings (SSSR count). The maximum Gasteiger partial charge on any atom is 0.437 e. The molecule has 0 fully saturated rings. The molecular formula is C22H20F5N7O. The molecule has 0 aliphatic heterocycles. The molecule has 0 saturated heterocycles. The molecule has 0 aliphatic rings. The van der Waals surface area contributed by atoms with E-state index in [1.807, 2.05) is 24.2 Å². The Morgan fingerprint density at radius 1 is 1.06 bits per heavy atom. The molecule has 1 N–H and O–H groups in total. The maximum absolute atomic E-state index is 15.1. The highest BCUT2D eigenvalue weighted by atomic mass is 19.4. The van der Waals surface area contributed by atoms with Crippen LogP contribution in [-0.2, 0) is 13.2 Å². The van der Waals surface area contributed by atoms with Gasteiger partial charge in [0.1, 0.15) is 35.4 Å². The summed E-state index contributed by atoms with van der Waals surface area (Å²) in [4.78, 5) is 10.3. The molecule has 35 heavy (non-hydrogen) atoms. The number of likely N-dealkylation sites (N-methyl/N-ethyl adjacent to an activating group) is 1. The highest BCUT2D eigenvalue weighted by molar-refractivity contribution is 5.82. The molecular weight excluding hydrogens is 473 g/mol. The maximum atomic E-state index is 15.1. The second kappa shape index (κ2) is 9.41. The Bertz CT molecular complexity index is 1350. The fourth-order valence-corrected chi connectivity index (χ4v) is 3.48. The van der Waals surface area contributed by atoms with Crippen LogP contribution in [0.1, 0.15) is 5.69 Å². The number of aromatic amines is 1. The fourth-order valence-electron chi connectivity index (χ4n) is 3.48. The van der Waals surface area contributed by atoms with Gasteiger partial charge >= 0.3 is 6.18 Å². The second-order valence-corrected chi connectivity index (χ2v) is 7.91. The van der Waals surface area contributed by atoms with Crippen LogP contribution in [-0.4, -0.2) is 62.1 Å². The van der Waals surface area contributed by atoms with E-state index in [9.17, 15) is 17.6 Å². The largest absolute Gasteiger partial charge is 0.491 e. The highest BCUT2D eigenvalue weighted by Crippen LogP contribution is 2.40. The molecule has 0 atom stereocenters. The second-order valence-electron chi connectivity index (χ2n) is 7.91. The number of hydrogen-bond acceptors (Lipinski definition) is 6. The summed E-state index contributed by atoms with van der Waals surface area (Å²) in [6, 6.07) is 4.47. The third-order valence-corrected chi connectivity index (χ3v) is 5.08. The average molecular weight is 493 g/mol. The molecule has 0 spiro atoms. The topological polar surface area (TPSA) is 84.8 Å². The summed E-state index contributed by atoms with van der Waals surface area (Å²) in [5.41, 5.74) is -1.05. The first-order valence-corrected chi connectivity index (χ1v) is 10.3. The summed E-state index contributed by atoms with van der Waals surface area (Å²) in [6.07, 6.45) is -2.05. The number of H-pyrrole nitrogens is 1. The summed E-state index contributed by atoms with van der Waals surface area (Å²) in [5.74, 6) is -1.75. The number of alkyl halides is 3. The van der Waals surface area contributed by atoms with Crippen LogP contribution in [0.4, 0.5) is 22.0 Å². The predicted octanol–water partition coefficient (Wildman–Crippen LogP) is 4.17. The van der Waals surface area contributed by atoms with Crippen LogP contribution in [0.5, 0.6) is 5.75 Å². The monoisotopic (exact) mass is 493 g/mol. The lowest BCUT2D eigenvalue weighted by Gasteiger charge is -2.16. The lowest BCUT2D eigenvalue weighted by molar-refractivity contribution is -0.140. The SMILES string of the molecule is CN(C)CCOc1cc(F)cc(F)c1-c1c(-c2cc(-c3n[nH]nc3C(F)(F)F)ccn2)ncn1C. The van der Waals surface area contributed by atoms with Crippen molar-refractivity contribution in [1.82, 2.24) is 34.8 Å². The van der Waals surface area contributed by atoms with Gasteiger partial charge in [-0.3, -0.25) is 4.98 Å². The number of ether oxygens (including phenoxy) is 1. The Labute approximate surface area is 196 Å². The zero-order chi connectivity index (χ0) is 25.3. The minimum atomic E-state index is -4.72. The molecule has 8 nitrogen and oxygen atoms in total. The summed E-state index contributed by atoms with van der Waals surface area (Å²) >= 11 is 0. The van der Waals surface area contributed by atoms with E-state index in [4.69, 9.17) is 4.74 Å². The van der Waals surface area contributed by atoms with Crippen LogP contribution in [0.3, 0.4) is 0 Å². The highest BCUT2D eigenvalue weighted by Gasteiger charge is 2.38. The number of nitrogens with one attached hydrogen (secondary N) is 1. The quantitative estimate of drug-likeness (QED) is 0.389. The van der Waals surface area contributed by atoms with E-state index in [2.05, 4.69) is 20.2 Å². The van der Waals surface area contributed by atoms with Gasteiger partial charge in [-0.15, -0.1) is 0 Å². The first kappa shape index (κ1) is 24.3. The molecule has 1 aromatic carbocycles. The van der Waals surface area contributed by atoms with Crippen LogP contribution >= 0.6 is 0 Å². The molecule has 0 amide bonds. The third kappa shape index (κ3) is 4.99. The lowest BCUT2D eigenvalue weighted by atomic mass is 10.0. The summed E-state index contributed by atoms with van der Waals surface area (Å²) < 4.78 is 76.2. The number of aryl methyl sites for hydroxylation is 1. The van der Waals surface area contributed by atoms with Crippen molar-refractivity contribution in [2.45, 2.75) is 6.18 Å². The zero-order valence-electron chi connectivity index (χ0n) is 18.9. The van der Waals surface area contributed by atoms with Crippen LogP contribution < -0.4 is 4.74 Å². The van der Waals surface area contributed by atoms with Gasteiger partial charge in [-0.2, -0.15) is 28.6 Å². The van der Waals surface area contributed by atoms with E-state index in [1.54, 1.807) is 7.05 Å². The molecule has 0 bridgehead atoms. The summed E-state index contributed by atoms with van der Waals surface area (Å²) in [7, 11) is 5.25. The van der Waals surface area contributed by atoms with Gasteiger partial charge in [0.25, 0.3) is 0 Å². The number of rotatable bonds is 7. The molecule has 0 aliphatic carbocycles. The van der Waals surface area contributed by atoms with Crippen LogP contribution in [0.15, 0.2) is 36.8 Å². The van der Waals surface area contributed by atoms with Crippen molar-refractivity contribution in [2.24, 2.45) is 7.05 Å². The van der Waals surface area contributed by atoms with Crippen LogP contribution in [0.2, 0.25) is 0 Å². The lowest BCUT2D eigenvalue weighted by Crippen LogP contribution is -2.19. The van der Waals surface area contributed by atoms with Gasteiger partial charge in [-0.05, 0) is 26.2 Å². The number of hydrogen-bond donors (Lipinski definition) is 1. The van der Waals surface area contributed by atoms with E-state index < -0.39 is 29.2 Å². The predicted molar refractivity (Wildman–Crippen MR) is 116 cm³/mol. The average Bonchev–Trinajstić information content (AvgIpc) is 3.41. The molecule has 0 radical (unpaired) electrons. The Kier molecular flexibility index (Phi) is 6.52. The number of nitrogens with zero attached hydrogens (tertiary/aromatic N) is 6. The van der Waals surface area contributed by atoms with Gasteiger partial charge < -0.3 is 14.2 Å². The van der Waals surface area contributed by atoms with E-state index in [0.717, 1.165) is 12.1 Å². The number of aromatic nitrogens is 6. The van der Waals surface area contributed by atoms with E-state index >= 15 is 4.39 Å². The van der Waals surface area contributed by atoms with Gasteiger partial charge in [0.05, 0.1) is 23.3 Å². The van der Waals surface area contributed by atoms with E-state index in [-0.39, 0.29) is 40.6 Å². The van der Waals surface area contributed by atoms with Crippen molar-refractivity contribution in [2.75, 3.05) is 27.2 Å². The number of halogens is 5. The number of imidazole rings is 1. The molecule has 3 aromatic heterocycles. The molecule has 0 unspecified atom stereocenters. The third-order valence-electron chi connectivity index (χ3n) is 5.08. The molecule has 184 valence electrons. The summed E-state index contributed by atoms with van der Waals surface area (Å²) in [6.45, 7) is 0.662. The Morgan fingerprint density at radius 3 is 2.54 bits per heavy atom. The first-order chi connectivity index (χ1) is 16.6. The number of pyridine rings is 1. The van der Waals surface area contributed by atoms with Gasteiger partial charge in [-0.25, -0.2) is 13.8 Å². The van der Waals surface area contributed by atoms with Gasteiger partial charge in [0.2, 0.25) is 0 Å². The van der Waals surface area contributed by atoms with Crippen molar-refractivity contribution >= 4 is 0 Å². The Balaban J connectivity index is 1.82. The van der Waals surface area contributed by atoms with Crippen molar-refractivity contribution < 1.29 is 26.7 Å². The minimum absolute atomic E-state index is 0.0405. The zero-order valence-corrected chi connectivity index (χ0v) is 18.9. The normalized spacial score (nSPS) is 11.9. The van der Waals surface area contributed by atoms with E-state index in [1.165, 1.54) is 29.2 Å². The van der Waals surface area contributed by atoms with Crippen LogP contribution in [0, 0.1) is 11.6 Å². The molecule has 13 heteroatoms. The van der Waals surface area contributed by atoms with Crippen molar-refractivity contribution in [3.8, 4) is 39.7 Å². The minimum Gasteiger partial charge on any atom is -0.491 e. The van der Waals surface area contributed by atoms with Gasteiger partial charge in [0, 0.05) is 37.5 Å².